The zero-order chi connectivity index (χ0) is 15.0. The molecule has 0 radical (unpaired) electrons. The Hall–Kier alpha value is -1.92. The van der Waals surface area contributed by atoms with Crippen molar-refractivity contribution in [2.45, 2.75) is 32.5 Å². The van der Waals surface area contributed by atoms with Gasteiger partial charge in [0.15, 0.2) is 0 Å². The number of amides is 1. The van der Waals surface area contributed by atoms with E-state index in [1.54, 1.807) is 20.8 Å². The number of alkyl halides is 3. The Morgan fingerprint density at radius 1 is 1.26 bits per heavy atom. The van der Waals surface area contributed by atoms with E-state index in [9.17, 15) is 18.0 Å². The standard InChI is InChI=1S/C12H15F3N2O2/c1-11(2,3)17(10(18)19)9-5-4-7(6-8(9)16)12(13,14)15/h4-6H,16H2,1-3H3,(H,18,19). The van der Waals surface area contributed by atoms with E-state index in [1.165, 1.54) is 0 Å². The summed E-state index contributed by atoms with van der Waals surface area (Å²) in [4.78, 5) is 12.2. The first-order valence-electron chi connectivity index (χ1n) is 5.44. The van der Waals surface area contributed by atoms with Crippen LogP contribution >= 0.6 is 0 Å². The average Bonchev–Trinajstić information content (AvgIpc) is 2.16. The van der Waals surface area contributed by atoms with Crippen LogP contribution < -0.4 is 10.6 Å². The van der Waals surface area contributed by atoms with Crippen LogP contribution in [0.1, 0.15) is 26.3 Å². The smallest absolute Gasteiger partial charge is 0.416 e. The van der Waals surface area contributed by atoms with Crippen LogP contribution in [-0.4, -0.2) is 16.7 Å². The number of carboxylic acid groups (broad SMARTS) is 1. The molecule has 106 valence electrons. The van der Waals surface area contributed by atoms with E-state index in [1.807, 2.05) is 0 Å². The van der Waals surface area contributed by atoms with Crippen molar-refractivity contribution in [3.05, 3.63) is 23.8 Å². The highest BCUT2D eigenvalue weighted by Crippen LogP contribution is 2.36. The summed E-state index contributed by atoms with van der Waals surface area (Å²) in [5, 5.41) is 9.16. The largest absolute Gasteiger partial charge is 0.465 e. The minimum absolute atomic E-state index is 0.0352. The molecule has 4 nitrogen and oxygen atoms in total. The second-order valence-corrected chi connectivity index (χ2v) is 5.06. The fourth-order valence-electron chi connectivity index (χ4n) is 1.69. The monoisotopic (exact) mass is 276 g/mol. The summed E-state index contributed by atoms with van der Waals surface area (Å²) >= 11 is 0. The molecule has 0 atom stereocenters. The molecule has 1 rings (SSSR count). The van der Waals surface area contributed by atoms with Crippen LogP contribution in [0.25, 0.3) is 0 Å². The molecule has 19 heavy (non-hydrogen) atoms. The maximum absolute atomic E-state index is 12.5. The lowest BCUT2D eigenvalue weighted by Crippen LogP contribution is -2.45. The van der Waals surface area contributed by atoms with E-state index >= 15 is 0 Å². The topological polar surface area (TPSA) is 66.6 Å². The van der Waals surface area contributed by atoms with Crippen molar-refractivity contribution in [3.63, 3.8) is 0 Å². The molecule has 0 unspecified atom stereocenters. The lowest BCUT2D eigenvalue weighted by molar-refractivity contribution is -0.137. The van der Waals surface area contributed by atoms with E-state index < -0.39 is 23.4 Å². The minimum Gasteiger partial charge on any atom is -0.465 e. The first-order chi connectivity index (χ1) is 8.44. The fourth-order valence-corrected chi connectivity index (χ4v) is 1.69. The van der Waals surface area contributed by atoms with Crippen LogP contribution in [0.2, 0.25) is 0 Å². The number of rotatable bonds is 1. The predicted octanol–water partition coefficient (Wildman–Crippen LogP) is 3.57. The Bertz CT molecular complexity index is 493. The summed E-state index contributed by atoms with van der Waals surface area (Å²) in [6.45, 7) is 4.87. The molecular formula is C12H15F3N2O2. The summed E-state index contributed by atoms with van der Waals surface area (Å²) in [6, 6.07) is 2.61. The average molecular weight is 276 g/mol. The number of hydrogen-bond donors (Lipinski definition) is 2. The summed E-state index contributed by atoms with van der Waals surface area (Å²) in [5.41, 5.74) is 3.63. The second-order valence-electron chi connectivity index (χ2n) is 5.06. The van der Waals surface area contributed by atoms with E-state index in [-0.39, 0.29) is 11.4 Å². The first kappa shape index (κ1) is 15.1. The Kier molecular flexibility index (Phi) is 3.70. The van der Waals surface area contributed by atoms with Crippen molar-refractivity contribution in [2.75, 3.05) is 10.6 Å². The molecule has 1 amide bonds. The molecule has 0 aliphatic carbocycles. The number of halogens is 3. The van der Waals surface area contributed by atoms with Gasteiger partial charge in [0.25, 0.3) is 0 Å². The summed E-state index contributed by atoms with van der Waals surface area (Å²) in [7, 11) is 0. The molecule has 0 heterocycles. The molecule has 1 aromatic rings. The van der Waals surface area contributed by atoms with Gasteiger partial charge in [0.05, 0.1) is 16.9 Å². The molecule has 0 bridgehead atoms. The van der Waals surface area contributed by atoms with Crippen molar-refractivity contribution in [1.29, 1.82) is 0 Å². The molecule has 0 spiro atoms. The zero-order valence-corrected chi connectivity index (χ0v) is 10.7. The van der Waals surface area contributed by atoms with Crippen LogP contribution in [0.5, 0.6) is 0 Å². The van der Waals surface area contributed by atoms with Gasteiger partial charge in [0.2, 0.25) is 0 Å². The predicted molar refractivity (Wildman–Crippen MR) is 66.1 cm³/mol. The third-order valence-electron chi connectivity index (χ3n) is 2.46. The van der Waals surface area contributed by atoms with Crippen LogP contribution in [0.3, 0.4) is 0 Å². The van der Waals surface area contributed by atoms with Gasteiger partial charge in [-0.15, -0.1) is 0 Å². The Balaban J connectivity index is 3.32. The van der Waals surface area contributed by atoms with Crippen molar-refractivity contribution in [2.24, 2.45) is 0 Å². The summed E-state index contributed by atoms with van der Waals surface area (Å²) < 4.78 is 37.5. The Morgan fingerprint density at radius 2 is 1.79 bits per heavy atom. The third-order valence-corrected chi connectivity index (χ3v) is 2.46. The Morgan fingerprint density at radius 3 is 2.11 bits per heavy atom. The van der Waals surface area contributed by atoms with Crippen molar-refractivity contribution in [1.82, 2.24) is 0 Å². The van der Waals surface area contributed by atoms with Gasteiger partial charge in [-0.05, 0) is 39.0 Å². The number of nitrogens with two attached hydrogens (primary N) is 1. The van der Waals surface area contributed by atoms with Crippen LogP contribution in [0.15, 0.2) is 18.2 Å². The van der Waals surface area contributed by atoms with Gasteiger partial charge >= 0.3 is 12.3 Å². The number of nitrogens with zero attached hydrogens (tertiary/aromatic N) is 1. The fraction of sp³-hybridized carbons (Fsp3) is 0.417. The SMILES string of the molecule is CC(C)(C)N(C(=O)O)c1ccc(C(F)(F)F)cc1N. The van der Waals surface area contributed by atoms with Gasteiger partial charge in [-0.3, -0.25) is 4.90 Å². The van der Waals surface area contributed by atoms with Crippen LogP contribution in [-0.2, 0) is 6.18 Å². The van der Waals surface area contributed by atoms with Crippen LogP contribution in [0, 0.1) is 0 Å². The second kappa shape index (κ2) is 4.64. The minimum atomic E-state index is -4.51. The molecule has 3 N–H and O–H groups in total. The van der Waals surface area contributed by atoms with E-state index in [0.717, 1.165) is 23.1 Å². The third kappa shape index (κ3) is 3.30. The lowest BCUT2D eigenvalue weighted by atomic mass is 10.0. The first-order valence-corrected chi connectivity index (χ1v) is 5.44. The lowest BCUT2D eigenvalue weighted by Gasteiger charge is -2.34. The highest BCUT2D eigenvalue weighted by Gasteiger charge is 2.33. The number of anilines is 2. The maximum Gasteiger partial charge on any atom is 0.416 e. The molecule has 0 saturated heterocycles. The summed E-state index contributed by atoms with van der Waals surface area (Å²) in [6.07, 6.45) is -5.79. The number of carbonyl (C=O) groups is 1. The molecular weight excluding hydrogens is 261 g/mol. The maximum atomic E-state index is 12.5. The van der Waals surface area contributed by atoms with Crippen LogP contribution in [0.4, 0.5) is 29.3 Å². The van der Waals surface area contributed by atoms with Crippen molar-refractivity contribution >= 4 is 17.5 Å². The number of benzene rings is 1. The van der Waals surface area contributed by atoms with E-state index in [4.69, 9.17) is 10.8 Å². The highest BCUT2D eigenvalue weighted by atomic mass is 19.4. The van der Waals surface area contributed by atoms with Crippen molar-refractivity contribution < 1.29 is 23.1 Å². The van der Waals surface area contributed by atoms with Gasteiger partial charge in [0.1, 0.15) is 0 Å². The molecule has 0 aromatic heterocycles. The molecule has 0 aliphatic heterocycles. The van der Waals surface area contributed by atoms with Crippen molar-refractivity contribution in [3.8, 4) is 0 Å². The molecule has 1 aromatic carbocycles. The molecule has 0 saturated carbocycles. The summed E-state index contributed by atoms with van der Waals surface area (Å²) in [5.74, 6) is 0. The molecule has 0 fully saturated rings. The van der Waals surface area contributed by atoms with Gasteiger partial charge in [-0.25, -0.2) is 4.79 Å². The van der Waals surface area contributed by atoms with Gasteiger partial charge in [-0.2, -0.15) is 13.2 Å². The zero-order valence-electron chi connectivity index (χ0n) is 10.7. The quantitative estimate of drug-likeness (QED) is 0.770. The number of nitrogen functional groups attached to an aromatic ring is 1. The normalized spacial score (nSPS) is 12.3. The van der Waals surface area contributed by atoms with Gasteiger partial charge < -0.3 is 10.8 Å². The Labute approximate surface area is 108 Å². The molecule has 7 heteroatoms. The van der Waals surface area contributed by atoms with E-state index in [0.29, 0.717) is 0 Å². The van der Waals surface area contributed by atoms with Gasteiger partial charge in [-0.1, -0.05) is 0 Å². The molecule has 0 aliphatic rings. The highest BCUT2D eigenvalue weighted by molar-refractivity contribution is 5.91. The van der Waals surface area contributed by atoms with Gasteiger partial charge in [0, 0.05) is 5.54 Å². The number of hydrogen-bond acceptors (Lipinski definition) is 2. The van der Waals surface area contributed by atoms with E-state index in [2.05, 4.69) is 0 Å².